The number of halogens is 4. The Hall–Kier alpha value is -0.910. The van der Waals surface area contributed by atoms with Gasteiger partial charge in [-0.2, -0.15) is 0 Å². The molecule has 0 saturated heterocycles. The van der Waals surface area contributed by atoms with Gasteiger partial charge in [0, 0.05) is 11.7 Å². The Labute approximate surface area is 118 Å². The van der Waals surface area contributed by atoms with E-state index in [4.69, 9.17) is 0 Å². The van der Waals surface area contributed by atoms with Crippen LogP contribution < -0.4 is 10.1 Å². The van der Waals surface area contributed by atoms with Gasteiger partial charge >= 0.3 is 6.36 Å². The zero-order valence-corrected chi connectivity index (χ0v) is 12.0. The molecule has 0 heterocycles. The molecule has 1 N–H and O–H groups in total. The van der Waals surface area contributed by atoms with Crippen LogP contribution in [0.4, 0.5) is 18.9 Å². The van der Waals surface area contributed by atoms with Crippen molar-refractivity contribution in [1.82, 2.24) is 0 Å². The molecule has 0 aliphatic heterocycles. The van der Waals surface area contributed by atoms with Crippen LogP contribution in [0, 0.1) is 5.92 Å². The van der Waals surface area contributed by atoms with E-state index in [0.717, 1.165) is 12.1 Å². The average Bonchev–Trinajstić information content (AvgIpc) is 2.67. The second-order valence-corrected chi connectivity index (χ2v) is 5.71. The van der Waals surface area contributed by atoms with Gasteiger partial charge in [0.2, 0.25) is 0 Å². The maximum absolute atomic E-state index is 12.1. The summed E-state index contributed by atoms with van der Waals surface area (Å²) in [6.07, 6.45) is -1.19. The van der Waals surface area contributed by atoms with Gasteiger partial charge in [0.25, 0.3) is 0 Å². The van der Waals surface area contributed by atoms with E-state index in [1.807, 2.05) is 0 Å². The van der Waals surface area contributed by atoms with E-state index >= 15 is 0 Å². The largest absolute Gasteiger partial charge is 0.573 e. The highest BCUT2D eigenvalue weighted by Gasteiger charge is 2.32. The number of rotatable bonds is 3. The topological polar surface area (TPSA) is 21.3 Å². The smallest absolute Gasteiger partial charge is 0.405 e. The van der Waals surface area contributed by atoms with Gasteiger partial charge in [-0.3, -0.25) is 0 Å². The normalized spacial score (nSPS) is 23.4. The van der Waals surface area contributed by atoms with Crippen molar-refractivity contribution in [3.8, 4) is 5.75 Å². The first-order valence-electron chi connectivity index (χ1n) is 6.17. The minimum absolute atomic E-state index is 0.225. The fourth-order valence-electron chi connectivity index (χ4n) is 2.37. The van der Waals surface area contributed by atoms with Crippen molar-refractivity contribution in [2.45, 2.75) is 38.6 Å². The predicted molar refractivity (Wildman–Crippen MR) is 71.3 cm³/mol. The lowest BCUT2D eigenvalue weighted by Gasteiger charge is -2.19. The minimum atomic E-state index is -4.67. The molecule has 1 aliphatic carbocycles. The SMILES string of the molecule is CC1CCCC1Nc1ccc(OC(F)(F)F)c(Br)c1. The highest BCUT2D eigenvalue weighted by Crippen LogP contribution is 2.34. The summed E-state index contributed by atoms with van der Waals surface area (Å²) in [5.41, 5.74) is 0.806. The second kappa shape index (κ2) is 5.61. The molecule has 0 spiro atoms. The van der Waals surface area contributed by atoms with Crippen molar-refractivity contribution < 1.29 is 17.9 Å². The summed E-state index contributed by atoms with van der Waals surface area (Å²) in [5, 5.41) is 3.35. The van der Waals surface area contributed by atoms with E-state index in [-0.39, 0.29) is 5.75 Å². The molecule has 1 aliphatic rings. The lowest BCUT2D eigenvalue weighted by molar-refractivity contribution is -0.274. The van der Waals surface area contributed by atoms with Crippen molar-refractivity contribution in [3.63, 3.8) is 0 Å². The van der Waals surface area contributed by atoms with E-state index < -0.39 is 6.36 Å². The Balaban J connectivity index is 2.06. The fraction of sp³-hybridized carbons (Fsp3) is 0.538. The standard InChI is InChI=1S/C13H15BrF3NO/c1-8-3-2-4-11(8)18-9-5-6-12(10(14)7-9)19-13(15,16)17/h5-8,11,18H,2-4H2,1H3. The van der Waals surface area contributed by atoms with Crippen LogP contribution in [-0.2, 0) is 0 Å². The van der Waals surface area contributed by atoms with Gasteiger partial charge in [-0.15, -0.1) is 13.2 Å². The van der Waals surface area contributed by atoms with Crippen molar-refractivity contribution in [2.24, 2.45) is 5.92 Å². The van der Waals surface area contributed by atoms with Gasteiger partial charge < -0.3 is 10.1 Å². The van der Waals surface area contributed by atoms with Crippen molar-refractivity contribution in [2.75, 3.05) is 5.32 Å². The first-order valence-corrected chi connectivity index (χ1v) is 6.96. The Bertz CT molecular complexity index is 450. The van der Waals surface area contributed by atoms with Crippen LogP contribution in [0.3, 0.4) is 0 Å². The maximum atomic E-state index is 12.1. The highest BCUT2D eigenvalue weighted by molar-refractivity contribution is 9.10. The monoisotopic (exact) mass is 337 g/mol. The van der Waals surface area contributed by atoms with Crippen molar-refractivity contribution >= 4 is 21.6 Å². The first-order chi connectivity index (χ1) is 8.85. The minimum Gasteiger partial charge on any atom is -0.405 e. The zero-order chi connectivity index (χ0) is 14.0. The Kier molecular flexibility index (Phi) is 4.28. The third-order valence-corrected chi connectivity index (χ3v) is 3.99. The van der Waals surface area contributed by atoms with Crippen molar-refractivity contribution in [3.05, 3.63) is 22.7 Å². The average molecular weight is 338 g/mol. The quantitative estimate of drug-likeness (QED) is 0.842. The molecule has 2 nitrogen and oxygen atoms in total. The molecule has 0 amide bonds. The summed E-state index contributed by atoms with van der Waals surface area (Å²) in [4.78, 5) is 0. The van der Waals surface area contributed by atoms with Gasteiger partial charge in [0.05, 0.1) is 4.47 Å². The number of benzene rings is 1. The third kappa shape index (κ3) is 4.03. The highest BCUT2D eigenvalue weighted by atomic mass is 79.9. The Morgan fingerprint density at radius 1 is 1.32 bits per heavy atom. The predicted octanol–water partition coefficient (Wildman–Crippen LogP) is 4.95. The molecule has 0 radical (unpaired) electrons. The van der Waals surface area contributed by atoms with E-state index in [1.54, 1.807) is 12.1 Å². The zero-order valence-electron chi connectivity index (χ0n) is 10.4. The summed E-state index contributed by atoms with van der Waals surface area (Å²) in [6.45, 7) is 2.18. The fourth-order valence-corrected chi connectivity index (χ4v) is 2.83. The molecular formula is C13H15BrF3NO. The summed E-state index contributed by atoms with van der Waals surface area (Å²) >= 11 is 3.10. The van der Waals surface area contributed by atoms with E-state index in [2.05, 4.69) is 32.9 Å². The van der Waals surface area contributed by atoms with Crippen LogP contribution in [0.1, 0.15) is 26.2 Å². The van der Waals surface area contributed by atoms with Gasteiger partial charge in [-0.05, 0) is 52.9 Å². The van der Waals surface area contributed by atoms with E-state index in [9.17, 15) is 13.2 Å². The van der Waals surface area contributed by atoms with E-state index in [0.29, 0.717) is 16.4 Å². The first kappa shape index (κ1) is 14.5. The summed E-state index contributed by atoms with van der Waals surface area (Å²) in [6, 6.07) is 4.93. The lowest BCUT2D eigenvalue weighted by atomic mass is 10.1. The molecular weight excluding hydrogens is 323 g/mol. The molecule has 1 aromatic rings. The van der Waals surface area contributed by atoms with Gasteiger partial charge in [0.15, 0.2) is 0 Å². The molecule has 0 aromatic heterocycles. The van der Waals surface area contributed by atoms with Gasteiger partial charge in [-0.1, -0.05) is 13.3 Å². The van der Waals surface area contributed by atoms with Crippen LogP contribution in [0.15, 0.2) is 22.7 Å². The maximum Gasteiger partial charge on any atom is 0.573 e. The van der Waals surface area contributed by atoms with E-state index in [1.165, 1.54) is 18.9 Å². The number of anilines is 1. The molecule has 1 fully saturated rings. The number of nitrogens with one attached hydrogen (secondary N) is 1. The summed E-state index contributed by atoms with van der Waals surface area (Å²) in [5.74, 6) is 0.363. The van der Waals surface area contributed by atoms with Gasteiger partial charge in [-0.25, -0.2) is 0 Å². The van der Waals surface area contributed by atoms with Crippen LogP contribution in [0.25, 0.3) is 0 Å². The summed E-state index contributed by atoms with van der Waals surface area (Å²) < 4.78 is 40.6. The number of ether oxygens (including phenoxy) is 1. The lowest BCUT2D eigenvalue weighted by Crippen LogP contribution is -2.22. The van der Waals surface area contributed by atoms with Crippen LogP contribution in [-0.4, -0.2) is 12.4 Å². The molecule has 106 valence electrons. The molecule has 1 saturated carbocycles. The Morgan fingerprint density at radius 3 is 2.58 bits per heavy atom. The van der Waals surface area contributed by atoms with Crippen LogP contribution >= 0.6 is 15.9 Å². The molecule has 1 aromatic carbocycles. The van der Waals surface area contributed by atoms with Crippen LogP contribution in [0.2, 0.25) is 0 Å². The molecule has 19 heavy (non-hydrogen) atoms. The number of hydrogen-bond donors (Lipinski definition) is 1. The van der Waals surface area contributed by atoms with Crippen molar-refractivity contribution in [1.29, 1.82) is 0 Å². The number of alkyl halides is 3. The molecule has 2 unspecified atom stereocenters. The van der Waals surface area contributed by atoms with Crippen LogP contribution in [0.5, 0.6) is 5.75 Å². The molecule has 6 heteroatoms. The Morgan fingerprint density at radius 2 is 2.05 bits per heavy atom. The molecule has 0 bridgehead atoms. The molecule has 2 rings (SSSR count). The number of hydrogen-bond acceptors (Lipinski definition) is 2. The molecule has 2 atom stereocenters. The van der Waals surface area contributed by atoms with Gasteiger partial charge in [0.1, 0.15) is 5.75 Å². The second-order valence-electron chi connectivity index (χ2n) is 4.85. The third-order valence-electron chi connectivity index (χ3n) is 3.37. The summed E-state index contributed by atoms with van der Waals surface area (Å²) in [7, 11) is 0.